The number of nitrogens with one attached hydrogen (secondary N) is 1. The zero-order valence-corrected chi connectivity index (χ0v) is 17.9. The quantitative estimate of drug-likeness (QED) is 0.473. The van der Waals surface area contributed by atoms with E-state index < -0.39 is 35.6 Å². The lowest BCUT2D eigenvalue weighted by Crippen LogP contribution is -2.52. The monoisotopic (exact) mass is 484 g/mol. The van der Waals surface area contributed by atoms with Crippen LogP contribution in [0.2, 0.25) is 0 Å². The number of piperidine rings is 1. The zero-order valence-electron chi connectivity index (χ0n) is 17.2. The van der Waals surface area contributed by atoms with E-state index in [0.29, 0.717) is 30.7 Å². The summed E-state index contributed by atoms with van der Waals surface area (Å²) in [5, 5.41) is 11.2. The Morgan fingerprint density at radius 3 is 2.58 bits per heavy atom. The summed E-state index contributed by atoms with van der Waals surface area (Å²) in [6, 6.07) is -2.47. The molecular weight excluding hydrogens is 466 g/mol. The number of carbonyl (C=O) groups is 1. The minimum Gasteiger partial charge on any atom is -0.477 e. The highest BCUT2D eigenvalue weighted by Crippen LogP contribution is 2.35. The fraction of sp³-hybridized carbons (Fsp3) is 0.333. The first-order chi connectivity index (χ1) is 15.5. The van der Waals surface area contributed by atoms with Crippen LogP contribution in [0.5, 0.6) is 0 Å². The molecule has 4 heterocycles. The first-order valence-corrected chi connectivity index (χ1v) is 10.4. The van der Waals surface area contributed by atoms with E-state index in [-0.39, 0.29) is 16.4 Å². The molecule has 7 nitrogen and oxygen atoms in total. The number of nitrogens with zero attached hydrogens (tertiary/aromatic N) is 4. The molecule has 0 saturated carbocycles. The van der Waals surface area contributed by atoms with E-state index in [0.717, 1.165) is 25.3 Å². The van der Waals surface area contributed by atoms with Gasteiger partial charge in [-0.3, -0.25) is 0 Å². The lowest BCUT2D eigenvalue weighted by molar-refractivity contribution is -0.142. The Kier molecular flexibility index (Phi) is 5.94. The highest BCUT2D eigenvalue weighted by molar-refractivity contribution is 6.32. The van der Waals surface area contributed by atoms with Gasteiger partial charge in [-0.1, -0.05) is 18.2 Å². The first kappa shape index (κ1) is 22.9. The molecule has 0 amide bonds. The molecule has 0 spiro atoms. The average Bonchev–Trinajstić information content (AvgIpc) is 3.12. The number of fused-ring (bicyclic) bond motifs is 1. The number of allylic oxidation sites excluding steroid dienone is 4. The number of carboxylic acid groups (broad SMARTS) is 1. The lowest BCUT2D eigenvalue weighted by Gasteiger charge is -2.37. The van der Waals surface area contributed by atoms with Crippen LogP contribution in [0.15, 0.2) is 63.7 Å². The van der Waals surface area contributed by atoms with E-state index in [1.807, 2.05) is 10.2 Å². The number of rotatable bonds is 4. The zero-order chi connectivity index (χ0) is 23.9. The van der Waals surface area contributed by atoms with Gasteiger partial charge in [0.05, 0.1) is 16.7 Å². The van der Waals surface area contributed by atoms with Crippen LogP contribution in [0.4, 0.5) is 17.6 Å². The van der Waals surface area contributed by atoms with Crippen molar-refractivity contribution < 1.29 is 27.5 Å². The number of amidine groups is 2. The van der Waals surface area contributed by atoms with E-state index in [1.165, 1.54) is 11.1 Å². The number of halogens is 5. The summed E-state index contributed by atoms with van der Waals surface area (Å²) >= 11 is 6.12. The molecule has 2 N–H and O–H groups in total. The van der Waals surface area contributed by atoms with Crippen LogP contribution in [-0.2, 0) is 4.79 Å². The third-order valence-electron chi connectivity index (χ3n) is 5.42. The molecule has 174 valence electrons. The van der Waals surface area contributed by atoms with Gasteiger partial charge in [0.25, 0.3) is 0 Å². The van der Waals surface area contributed by atoms with Crippen LogP contribution in [0.1, 0.15) is 19.3 Å². The Labute approximate surface area is 191 Å². The molecule has 1 fully saturated rings. The van der Waals surface area contributed by atoms with E-state index in [9.17, 15) is 27.5 Å². The van der Waals surface area contributed by atoms with Crippen molar-refractivity contribution in [3.63, 3.8) is 0 Å². The van der Waals surface area contributed by atoms with Gasteiger partial charge in [-0.25, -0.2) is 15.1 Å². The maximum absolute atomic E-state index is 14.2. The third kappa shape index (κ3) is 4.60. The van der Waals surface area contributed by atoms with Gasteiger partial charge in [0, 0.05) is 31.1 Å². The van der Waals surface area contributed by atoms with Crippen LogP contribution in [0.25, 0.3) is 0 Å². The van der Waals surface area contributed by atoms with Gasteiger partial charge in [-0.2, -0.15) is 17.8 Å². The Bertz CT molecular complexity index is 1140. The first-order valence-electron chi connectivity index (χ1n) is 10.1. The number of alkyl halides is 3. The summed E-state index contributed by atoms with van der Waals surface area (Å²) in [7, 11) is 0. The molecule has 0 aromatic rings. The van der Waals surface area contributed by atoms with Crippen LogP contribution in [0.3, 0.4) is 0 Å². The summed E-state index contributed by atoms with van der Waals surface area (Å²) < 4.78 is 59.5. The normalized spacial score (nSPS) is 21.7. The molecule has 4 aliphatic rings. The van der Waals surface area contributed by atoms with Gasteiger partial charge < -0.3 is 14.9 Å². The van der Waals surface area contributed by atoms with E-state index in [4.69, 9.17) is 11.6 Å². The summed E-state index contributed by atoms with van der Waals surface area (Å²) in [5.74, 6) is -3.17. The number of carboxylic acids is 1. The molecule has 0 aromatic heterocycles. The predicted molar refractivity (Wildman–Crippen MR) is 116 cm³/mol. The third-order valence-corrected chi connectivity index (χ3v) is 5.63. The molecule has 1 atom stereocenters. The summed E-state index contributed by atoms with van der Waals surface area (Å²) in [5.41, 5.74) is -0.729. The van der Waals surface area contributed by atoms with E-state index >= 15 is 0 Å². The topological polar surface area (TPSA) is 82.3 Å². The number of likely N-dealkylation sites (tertiary alicyclic amines) is 1. The molecule has 0 aromatic carbocycles. The van der Waals surface area contributed by atoms with Crippen molar-refractivity contribution in [3.8, 4) is 0 Å². The fourth-order valence-corrected chi connectivity index (χ4v) is 4.12. The average molecular weight is 485 g/mol. The van der Waals surface area contributed by atoms with Crippen molar-refractivity contribution in [1.82, 2.24) is 19.8 Å². The highest BCUT2D eigenvalue weighted by Gasteiger charge is 2.51. The lowest BCUT2D eigenvalue weighted by atomic mass is 9.99. The van der Waals surface area contributed by atoms with Gasteiger partial charge in [0.15, 0.2) is 5.57 Å². The van der Waals surface area contributed by atoms with Crippen LogP contribution in [-0.4, -0.2) is 63.8 Å². The molecular formula is C21H19ClF4N5O2+. The van der Waals surface area contributed by atoms with Crippen molar-refractivity contribution in [2.24, 2.45) is 4.99 Å². The molecule has 0 bridgehead atoms. The molecule has 0 unspecified atom stereocenters. The molecule has 4 rings (SSSR count). The summed E-state index contributed by atoms with van der Waals surface area (Å²) in [6.45, 7) is 5.36. The number of aliphatic imine (C=N–C) groups is 1. The Hall–Kier alpha value is -3.30. The fourth-order valence-electron chi connectivity index (χ4n) is 3.90. The van der Waals surface area contributed by atoms with Crippen molar-refractivity contribution >= 4 is 35.2 Å². The highest BCUT2D eigenvalue weighted by atomic mass is 35.5. The second kappa shape index (κ2) is 8.57. The second-order valence-corrected chi connectivity index (χ2v) is 8.16. The van der Waals surface area contributed by atoms with Gasteiger partial charge in [-0.15, -0.1) is 4.39 Å². The van der Waals surface area contributed by atoms with E-state index in [2.05, 4.69) is 16.2 Å². The standard InChI is InChI=1S/C21H18ClF4N5O2/c1-11-7-16(30-5-3-2-4-6-30)28-19-13(8-12(22)10-31(11)19)17(21(24,25)26)29-18-14(20(32)33)9-15(23)27-18/h7-10,17H,1-6H2,(H,32,33)/p+1/t17-/m0/s1. The van der Waals surface area contributed by atoms with Gasteiger partial charge >= 0.3 is 23.9 Å². The minimum atomic E-state index is -4.92. The second-order valence-electron chi connectivity index (χ2n) is 7.73. The number of aliphatic carboxylic acids is 1. The molecule has 1 saturated heterocycles. The molecule has 0 radical (unpaired) electrons. The van der Waals surface area contributed by atoms with E-state index in [1.54, 1.807) is 6.08 Å². The largest absolute Gasteiger partial charge is 0.477 e. The van der Waals surface area contributed by atoms with Crippen LogP contribution >= 0.6 is 11.6 Å². The number of hydrogen-bond acceptors (Lipinski definition) is 5. The molecule has 12 heteroatoms. The molecule has 4 aliphatic heterocycles. The summed E-state index contributed by atoms with van der Waals surface area (Å²) in [6.07, 6.45) is 2.71. The Morgan fingerprint density at radius 1 is 1.24 bits per heavy atom. The van der Waals surface area contributed by atoms with Crippen molar-refractivity contribution in [3.05, 3.63) is 58.7 Å². The van der Waals surface area contributed by atoms with Crippen molar-refractivity contribution in [1.29, 1.82) is 0 Å². The maximum Gasteiger partial charge on any atom is 0.433 e. The van der Waals surface area contributed by atoms with Crippen LogP contribution < -0.4 is 9.98 Å². The van der Waals surface area contributed by atoms with Gasteiger partial charge in [-0.05, 0) is 25.3 Å². The Morgan fingerprint density at radius 2 is 1.94 bits per heavy atom. The smallest absolute Gasteiger partial charge is 0.433 e. The molecule has 33 heavy (non-hydrogen) atoms. The maximum atomic E-state index is 14.2. The van der Waals surface area contributed by atoms with Gasteiger partial charge in [0.2, 0.25) is 6.04 Å². The van der Waals surface area contributed by atoms with Crippen LogP contribution in [0, 0.1) is 0 Å². The number of hydrogen-bond donors (Lipinski definition) is 2. The Balaban J connectivity index is 1.75. The summed E-state index contributed by atoms with van der Waals surface area (Å²) in [4.78, 5) is 19.1. The predicted octanol–water partition coefficient (Wildman–Crippen LogP) is 2.94. The SMILES string of the molecule is C=C1C=C(N2CCCCC2)N=C2C([C@H](NC3=[N+]=C(F)C=C3C(=O)O)C(F)(F)F)=CC(Cl)=CN12. The van der Waals surface area contributed by atoms with Crippen molar-refractivity contribution in [2.45, 2.75) is 31.5 Å². The van der Waals surface area contributed by atoms with Crippen molar-refractivity contribution in [2.75, 3.05) is 13.1 Å². The van der Waals surface area contributed by atoms with Gasteiger partial charge in [0.1, 0.15) is 11.7 Å². The molecule has 0 aliphatic carbocycles. The minimum absolute atomic E-state index is 0.0175.